The van der Waals surface area contributed by atoms with Crippen LogP contribution in [0.2, 0.25) is 0 Å². The van der Waals surface area contributed by atoms with Gasteiger partial charge in [-0.05, 0) is 43.9 Å². The molecule has 0 unspecified atom stereocenters. The van der Waals surface area contributed by atoms with Crippen LogP contribution in [0.15, 0.2) is 44.5 Å². The van der Waals surface area contributed by atoms with E-state index in [0.717, 1.165) is 9.86 Å². The van der Waals surface area contributed by atoms with Crippen LogP contribution in [-0.2, 0) is 4.79 Å². The Morgan fingerprint density at radius 2 is 2.00 bits per heavy atom. The number of nitrogen functional groups attached to an aromatic ring is 1. The maximum Gasteiger partial charge on any atom is 0.306 e. The lowest BCUT2D eigenvalue weighted by Crippen LogP contribution is -2.32. The Morgan fingerprint density at radius 1 is 1.23 bits per heavy atom. The smallest absolute Gasteiger partial charge is 0.306 e. The van der Waals surface area contributed by atoms with Crippen molar-refractivity contribution in [3.63, 3.8) is 0 Å². The van der Waals surface area contributed by atoms with Gasteiger partial charge in [0.25, 0.3) is 5.56 Å². The van der Waals surface area contributed by atoms with Crippen LogP contribution in [0.25, 0.3) is 33.4 Å². The average Bonchev–Trinajstić information content (AvgIpc) is 3.16. The molecule has 0 atom stereocenters. The van der Waals surface area contributed by atoms with Gasteiger partial charge in [-0.15, -0.1) is 0 Å². The van der Waals surface area contributed by atoms with Crippen molar-refractivity contribution in [2.24, 2.45) is 5.92 Å². The number of carboxylic acid groups (broad SMARTS) is 1. The molecule has 3 N–H and O–H groups in total. The zero-order valence-electron chi connectivity index (χ0n) is 16.3. The first kappa shape index (κ1) is 19.7. The van der Waals surface area contributed by atoms with E-state index >= 15 is 0 Å². The van der Waals surface area contributed by atoms with Crippen molar-refractivity contribution in [2.75, 3.05) is 5.73 Å². The van der Waals surface area contributed by atoms with Crippen LogP contribution in [0.5, 0.6) is 0 Å². The Morgan fingerprint density at radius 3 is 2.74 bits per heavy atom. The van der Waals surface area contributed by atoms with E-state index in [0.29, 0.717) is 48.0 Å². The number of carboxylic acids is 1. The highest BCUT2D eigenvalue weighted by molar-refractivity contribution is 9.10. The van der Waals surface area contributed by atoms with Crippen molar-refractivity contribution >= 4 is 49.9 Å². The van der Waals surface area contributed by atoms with Gasteiger partial charge in [-0.3, -0.25) is 14.2 Å². The number of nitrogens with zero attached hydrogens (tertiary/aromatic N) is 4. The molecule has 9 nitrogen and oxygen atoms in total. The molecule has 1 fully saturated rings. The molecule has 10 heteroatoms. The number of hydrogen-bond acceptors (Lipinski definition) is 7. The molecule has 1 saturated carbocycles. The summed E-state index contributed by atoms with van der Waals surface area (Å²) >= 11 is 3.45. The second-order valence-corrected chi connectivity index (χ2v) is 8.62. The molecule has 0 amide bonds. The predicted molar refractivity (Wildman–Crippen MR) is 118 cm³/mol. The Bertz CT molecular complexity index is 1390. The molecule has 0 bridgehead atoms. The van der Waals surface area contributed by atoms with Crippen LogP contribution in [-0.4, -0.2) is 30.6 Å². The highest BCUT2D eigenvalue weighted by Crippen LogP contribution is 2.35. The van der Waals surface area contributed by atoms with E-state index in [4.69, 9.17) is 10.2 Å². The van der Waals surface area contributed by atoms with Crippen LogP contribution >= 0.6 is 15.9 Å². The summed E-state index contributed by atoms with van der Waals surface area (Å²) in [5.41, 5.74) is 7.85. The Labute approximate surface area is 184 Å². The molecule has 158 valence electrons. The Balaban J connectivity index is 1.73. The molecule has 0 spiro atoms. The summed E-state index contributed by atoms with van der Waals surface area (Å²) in [5, 5.41) is 10.1. The number of fused-ring (bicyclic) bond motifs is 2. The summed E-state index contributed by atoms with van der Waals surface area (Å²) < 4.78 is 8.09. The highest BCUT2D eigenvalue weighted by Gasteiger charge is 2.30. The van der Waals surface area contributed by atoms with Gasteiger partial charge >= 0.3 is 5.97 Å². The van der Waals surface area contributed by atoms with Crippen LogP contribution in [0.3, 0.4) is 0 Å². The minimum atomic E-state index is -0.798. The topological polar surface area (TPSA) is 137 Å². The summed E-state index contributed by atoms with van der Waals surface area (Å²) in [6.45, 7) is 0. The molecule has 0 saturated heterocycles. The van der Waals surface area contributed by atoms with Gasteiger partial charge in [-0.2, -0.15) is 0 Å². The zero-order valence-corrected chi connectivity index (χ0v) is 17.9. The molecule has 4 aromatic rings. The first-order valence-electron chi connectivity index (χ1n) is 9.86. The van der Waals surface area contributed by atoms with E-state index in [1.54, 1.807) is 4.57 Å². The SMILES string of the molecule is Nc1ncnc2c1nc(-c1coc3ccc(Br)cc13)c(=O)n2C1CCC(C(=O)O)CC1. The fourth-order valence-corrected chi connectivity index (χ4v) is 4.68. The van der Waals surface area contributed by atoms with Gasteiger partial charge in [0, 0.05) is 15.9 Å². The van der Waals surface area contributed by atoms with Crippen molar-refractivity contribution < 1.29 is 14.3 Å². The minimum Gasteiger partial charge on any atom is -0.481 e. The van der Waals surface area contributed by atoms with Crippen LogP contribution in [0.4, 0.5) is 5.82 Å². The number of benzene rings is 1. The number of aliphatic carboxylic acids is 1. The van der Waals surface area contributed by atoms with Gasteiger partial charge in [-0.25, -0.2) is 15.0 Å². The number of halogens is 1. The third kappa shape index (κ3) is 3.27. The number of furan rings is 1. The van der Waals surface area contributed by atoms with Crippen molar-refractivity contribution in [3.05, 3.63) is 45.6 Å². The Kier molecular flexibility index (Phi) is 4.73. The molecule has 31 heavy (non-hydrogen) atoms. The monoisotopic (exact) mass is 483 g/mol. The lowest BCUT2D eigenvalue weighted by atomic mass is 9.86. The number of carbonyl (C=O) groups is 1. The van der Waals surface area contributed by atoms with Gasteiger partial charge in [0.05, 0.1) is 11.5 Å². The average molecular weight is 484 g/mol. The molecule has 0 radical (unpaired) electrons. The quantitative estimate of drug-likeness (QED) is 0.449. The van der Waals surface area contributed by atoms with E-state index in [-0.39, 0.29) is 23.1 Å². The van der Waals surface area contributed by atoms with E-state index in [1.807, 2.05) is 18.2 Å². The Hall–Kier alpha value is -3.27. The van der Waals surface area contributed by atoms with E-state index < -0.39 is 11.9 Å². The molecule has 1 aliphatic carbocycles. The fraction of sp³-hybridized carbons (Fsp3) is 0.286. The van der Waals surface area contributed by atoms with E-state index in [2.05, 4.69) is 30.9 Å². The lowest BCUT2D eigenvalue weighted by Gasteiger charge is -2.28. The largest absolute Gasteiger partial charge is 0.481 e. The first-order chi connectivity index (χ1) is 14.9. The molecular formula is C21H18BrN5O4. The van der Waals surface area contributed by atoms with Crippen LogP contribution < -0.4 is 11.3 Å². The number of hydrogen-bond donors (Lipinski definition) is 2. The lowest BCUT2D eigenvalue weighted by molar-refractivity contribution is -0.143. The van der Waals surface area contributed by atoms with E-state index in [1.165, 1.54) is 12.6 Å². The molecule has 3 heterocycles. The summed E-state index contributed by atoms with van der Waals surface area (Å²) in [7, 11) is 0. The van der Waals surface area contributed by atoms with Crippen molar-refractivity contribution in [3.8, 4) is 11.3 Å². The molecule has 3 aromatic heterocycles. The third-order valence-corrected chi connectivity index (χ3v) is 6.40. The van der Waals surface area contributed by atoms with Gasteiger partial charge in [0.2, 0.25) is 0 Å². The highest BCUT2D eigenvalue weighted by atomic mass is 79.9. The molecule has 1 aliphatic rings. The minimum absolute atomic E-state index is 0.174. The van der Waals surface area contributed by atoms with Gasteiger partial charge in [0.1, 0.15) is 29.4 Å². The first-order valence-corrected chi connectivity index (χ1v) is 10.7. The summed E-state index contributed by atoms with van der Waals surface area (Å²) in [5.74, 6) is -1.02. The maximum absolute atomic E-state index is 13.7. The van der Waals surface area contributed by atoms with Gasteiger partial charge < -0.3 is 15.3 Å². The van der Waals surface area contributed by atoms with Crippen molar-refractivity contribution in [1.29, 1.82) is 0 Å². The molecule has 0 aliphatic heterocycles. The predicted octanol–water partition coefficient (Wildman–Crippen LogP) is 3.76. The number of nitrogens with two attached hydrogens (primary N) is 1. The zero-order chi connectivity index (χ0) is 21.7. The number of anilines is 1. The van der Waals surface area contributed by atoms with Crippen molar-refractivity contribution in [1.82, 2.24) is 19.5 Å². The summed E-state index contributed by atoms with van der Waals surface area (Å²) in [4.78, 5) is 37.9. The van der Waals surface area contributed by atoms with Crippen molar-refractivity contribution in [2.45, 2.75) is 31.7 Å². The number of rotatable bonds is 3. The van der Waals surface area contributed by atoms with E-state index in [9.17, 15) is 14.7 Å². The maximum atomic E-state index is 13.7. The molecule has 5 rings (SSSR count). The third-order valence-electron chi connectivity index (χ3n) is 5.91. The molecular weight excluding hydrogens is 466 g/mol. The fourth-order valence-electron chi connectivity index (χ4n) is 4.32. The van der Waals surface area contributed by atoms with Crippen LogP contribution in [0, 0.1) is 5.92 Å². The second kappa shape index (κ2) is 7.45. The van der Waals surface area contributed by atoms with Gasteiger partial charge in [-0.1, -0.05) is 15.9 Å². The standard InChI is InChI=1S/C21H18BrN5O4/c22-11-3-6-15-13(7-11)14(8-31-15)16-20(28)27(12-4-1-10(2-5-12)21(29)30)19-17(26-16)18(23)24-9-25-19/h3,6-10,12H,1-2,4-5H2,(H,29,30)(H2,23,24,25). The summed E-state index contributed by atoms with van der Waals surface area (Å²) in [6.07, 6.45) is 4.91. The number of aromatic nitrogens is 4. The second-order valence-electron chi connectivity index (χ2n) is 7.70. The van der Waals surface area contributed by atoms with Crippen LogP contribution in [0.1, 0.15) is 31.7 Å². The molecule has 1 aromatic carbocycles. The summed E-state index contributed by atoms with van der Waals surface area (Å²) in [6, 6.07) is 5.33. The normalized spacial score (nSPS) is 19.1. The van der Waals surface area contributed by atoms with Gasteiger partial charge in [0.15, 0.2) is 11.5 Å².